The van der Waals surface area contributed by atoms with Crippen LogP contribution in [0.15, 0.2) is 72.0 Å². The predicted molar refractivity (Wildman–Crippen MR) is 151 cm³/mol. The number of aromatic nitrogens is 4. The number of halogens is 2. The first-order chi connectivity index (χ1) is 18.3. The van der Waals surface area contributed by atoms with E-state index in [0.29, 0.717) is 34.5 Å². The second-order valence-electron chi connectivity index (χ2n) is 8.15. The van der Waals surface area contributed by atoms with Crippen molar-refractivity contribution in [1.82, 2.24) is 19.1 Å². The quantitative estimate of drug-likeness (QED) is 0.202. The number of anilines is 1. The molecule has 0 fully saturated rings. The van der Waals surface area contributed by atoms with E-state index in [0.717, 1.165) is 25.0 Å². The van der Waals surface area contributed by atoms with Gasteiger partial charge in [-0.15, -0.1) is 0 Å². The zero-order valence-electron chi connectivity index (χ0n) is 20.2. The summed E-state index contributed by atoms with van der Waals surface area (Å²) in [5.41, 5.74) is 2.05. The highest BCUT2D eigenvalue weighted by molar-refractivity contribution is 14.1. The number of rotatable bonds is 9. The summed E-state index contributed by atoms with van der Waals surface area (Å²) in [6, 6.07) is 15.4. The van der Waals surface area contributed by atoms with Crippen molar-refractivity contribution in [1.29, 1.82) is 0 Å². The third-order valence-corrected chi connectivity index (χ3v) is 9.52. The van der Waals surface area contributed by atoms with Crippen molar-refractivity contribution >= 4 is 60.2 Å². The monoisotopic (exact) mass is 665 g/mol. The van der Waals surface area contributed by atoms with Gasteiger partial charge in [0.15, 0.2) is 0 Å². The first-order valence-electron chi connectivity index (χ1n) is 11.2. The van der Waals surface area contributed by atoms with Gasteiger partial charge in [0, 0.05) is 38.2 Å². The number of hydrogen-bond donors (Lipinski definition) is 0. The molecule has 2 aromatic heterocycles. The third-order valence-electron chi connectivity index (χ3n) is 5.91. The second kappa shape index (κ2) is 10.8. The molecule has 5 aromatic rings. The Labute approximate surface area is 236 Å². The van der Waals surface area contributed by atoms with Crippen molar-refractivity contribution in [2.75, 3.05) is 18.5 Å². The van der Waals surface area contributed by atoms with Crippen LogP contribution in [0.1, 0.15) is 11.1 Å². The van der Waals surface area contributed by atoms with Gasteiger partial charge < -0.3 is 9.47 Å². The maximum absolute atomic E-state index is 15.6. The first kappa shape index (κ1) is 26.3. The summed E-state index contributed by atoms with van der Waals surface area (Å²) in [6.45, 7) is 0.260. The molecule has 9 nitrogen and oxygen atoms in total. The van der Waals surface area contributed by atoms with Gasteiger partial charge in [0.2, 0.25) is 5.13 Å². The van der Waals surface area contributed by atoms with E-state index >= 15 is 4.39 Å². The summed E-state index contributed by atoms with van der Waals surface area (Å²) in [4.78, 5) is 3.61. The lowest BCUT2D eigenvalue weighted by atomic mass is 10.2. The fourth-order valence-electron chi connectivity index (χ4n) is 3.98. The molecule has 0 N–H and O–H groups in total. The molecule has 196 valence electrons. The van der Waals surface area contributed by atoms with E-state index in [1.54, 1.807) is 22.9 Å². The molecular formula is C25H21FIN5O4S2. The Hall–Kier alpha value is -3.30. The van der Waals surface area contributed by atoms with Gasteiger partial charge >= 0.3 is 0 Å². The molecule has 13 heteroatoms. The summed E-state index contributed by atoms with van der Waals surface area (Å²) in [5, 5.41) is 4.98. The van der Waals surface area contributed by atoms with Gasteiger partial charge in [-0.2, -0.15) is 9.47 Å². The molecule has 3 aromatic carbocycles. The Morgan fingerprint density at radius 1 is 1.08 bits per heavy atom. The molecule has 0 aliphatic heterocycles. The summed E-state index contributed by atoms with van der Waals surface area (Å²) >= 11 is 3.13. The molecule has 0 saturated heterocycles. The van der Waals surface area contributed by atoms with Gasteiger partial charge in [-0.3, -0.25) is 4.68 Å². The molecule has 5 rings (SSSR count). The van der Waals surface area contributed by atoms with E-state index < -0.39 is 20.7 Å². The fourth-order valence-corrected chi connectivity index (χ4v) is 6.75. The van der Waals surface area contributed by atoms with E-state index in [9.17, 15) is 8.42 Å². The second-order valence-corrected chi connectivity index (χ2v) is 11.9. The minimum atomic E-state index is -4.40. The lowest BCUT2D eigenvalue weighted by Gasteiger charge is -2.23. The average molecular weight is 666 g/mol. The van der Waals surface area contributed by atoms with Crippen molar-refractivity contribution < 1.29 is 22.3 Å². The SMILES string of the molecule is COc1ccc(CN(c2ncns2)S(=O)(=O)c2cc3cnn(Cc4ccccc4I)c3cc2F)c(OC)c1. The van der Waals surface area contributed by atoms with Gasteiger partial charge in [0.05, 0.1) is 39.0 Å². The largest absolute Gasteiger partial charge is 0.497 e. The molecule has 0 amide bonds. The van der Waals surface area contributed by atoms with E-state index in [1.165, 1.54) is 38.9 Å². The first-order valence-corrected chi connectivity index (χ1v) is 14.5. The normalized spacial score (nSPS) is 11.6. The Balaban J connectivity index is 1.55. The van der Waals surface area contributed by atoms with Crippen LogP contribution in [-0.2, 0) is 23.1 Å². The molecule has 2 heterocycles. The highest BCUT2D eigenvalue weighted by Gasteiger charge is 2.32. The van der Waals surface area contributed by atoms with Crippen LogP contribution >= 0.6 is 34.1 Å². The molecule has 0 saturated carbocycles. The lowest BCUT2D eigenvalue weighted by molar-refractivity contribution is 0.391. The summed E-state index contributed by atoms with van der Waals surface area (Å²) in [5.74, 6) is 0.0784. The van der Waals surface area contributed by atoms with E-state index in [2.05, 4.69) is 37.0 Å². The van der Waals surface area contributed by atoms with Crippen LogP contribution in [0.4, 0.5) is 9.52 Å². The molecule has 0 atom stereocenters. The minimum absolute atomic E-state index is 0.0942. The van der Waals surface area contributed by atoms with Crippen LogP contribution in [0.2, 0.25) is 0 Å². The molecule has 0 aliphatic rings. The van der Waals surface area contributed by atoms with Crippen LogP contribution in [0.25, 0.3) is 10.9 Å². The van der Waals surface area contributed by atoms with Crippen LogP contribution in [0.3, 0.4) is 0 Å². The summed E-state index contributed by atoms with van der Waals surface area (Å²) in [7, 11) is -1.40. The molecular weight excluding hydrogens is 644 g/mol. The lowest BCUT2D eigenvalue weighted by Crippen LogP contribution is -2.31. The standard InChI is InChI=1S/C25H21FIN5O4S2/c1-35-19-8-7-17(23(10-19)36-2)14-32(25-28-15-30-37-25)38(33,34)24-9-18-12-29-31(22(18)11-20(24)26)13-16-5-3-4-6-21(16)27/h3-12,15H,13-14H2,1-2H3. The van der Waals surface area contributed by atoms with Crippen molar-refractivity contribution in [3.63, 3.8) is 0 Å². The number of methoxy groups -OCH3 is 2. The Kier molecular flexibility index (Phi) is 7.49. The number of ether oxygens (including phenoxy) is 2. The van der Waals surface area contributed by atoms with Crippen molar-refractivity contribution in [2.24, 2.45) is 0 Å². The number of nitrogens with zero attached hydrogens (tertiary/aromatic N) is 5. The molecule has 0 radical (unpaired) electrons. The van der Waals surface area contributed by atoms with Crippen LogP contribution < -0.4 is 13.8 Å². The fraction of sp³-hybridized carbons (Fsp3) is 0.160. The Morgan fingerprint density at radius 3 is 2.61 bits per heavy atom. The summed E-state index contributed by atoms with van der Waals surface area (Å²) < 4.78 is 61.7. The number of hydrogen-bond acceptors (Lipinski definition) is 8. The highest BCUT2D eigenvalue weighted by Crippen LogP contribution is 2.33. The zero-order chi connectivity index (χ0) is 26.9. The van der Waals surface area contributed by atoms with Gasteiger partial charge in [0.25, 0.3) is 10.0 Å². The number of sulfonamides is 1. The molecule has 38 heavy (non-hydrogen) atoms. The van der Waals surface area contributed by atoms with Crippen LogP contribution in [-0.4, -0.2) is 41.8 Å². The predicted octanol–water partition coefficient (Wildman–Crippen LogP) is 5.09. The smallest absolute Gasteiger partial charge is 0.269 e. The maximum atomic E-state index is 15.6. The molecule has 0 spiro atoms. The van der Waals surface area contributed by atoms with Crippen molar-refractivity contribution in [3.05, 3.63) is 87.6 Å². The highest BCUT2D eigenvalue weighted by atomic mass is 127. The van der Waals surface area contributed by atoms with Crippen LogP contribution in [0, 0.1) is 9.39 Å². The molecule has 0 aliphatic carbocycles. The average Bonchev–Trinajstić information content (AvgIpc) is 3.58. The van der Waals surface area contributed by atoms with E-state index in [4.69, 9.17) is 9.47 Å². The van der Waals surface area contributed by atoms with E-state index in [1.807, 2.05) is 24.3 Å². The number of fused-ring (bicyclic) bond motifs is 1. The molecule has 0 unspecified atom stereocenters. The zero-order valence-corrected chi connectivity index (χ0v) is 24.0. The third kappa shape index (κ3) is 5.05. The van der Waals surface area contributed by atoms with Crippen molar-refractivity contribution in [3.8, 4) is 11.5 Å². The number of benzene rings is 3. The van der Waals surface area contributed by atoms with Crippen molar-refractivity contribution in [2.45, 2.75) is 18.0 Å². The van der Waals surface area contributed by atoms with Gasteiger partial charge in [0.1, 0.15) is 28.5 Å². The van der Waals surface area contributed by atoms with Gasteiger partial charge in [-0.05, 0) is 52.4 Å². The Bertz CT molecular complexity index is 1710. The van der Waals surface area contributed by atoms with E-state index in [-0.39, 0.29) is 11.7 Å². The van der Waals surface area contributed by atoms with Gasteiger partial charge in [-0.1, -0.05) is 18.2 Å². The Morgan fingerprint density at radius 2 is 1.89 bits per heavy atom. The topological polar surface area (TPSA) is 99.4 Å². The van der Waals surface area contributed by atoms with Crippen LogP contribution in [0.5, 0.6) is 11.5 Å². The molecule has 0 bridgehead atoms. The minimum Gasteiger partial charge on any atom is -0.497 e. The summed E-state index contributed by atoms with van der Waals surface area (Å²) in [6.07, 6.45) is 2.79. The maximum Gasteiger partial charge on any atom is 0.269 e. The van der Waals surface area contributed by atoms with Gasteiger partial charge in [-0.25, -0.2) is 22.1 Å².